The molecule has 6 aromatic rings. The van der Waals surface area contributed by atoms with Crippen LogP contribution in [0.3, 0.4) is 0 Å². The Morgan fingerprint density at radius 1 is 0.258 bits per heavy atom. The lowest BCUT2D eigenvalue weighted by Crippen LogP contribution is -2.48. The summed E-state index contributed by atoms with van der Waals surface area (Å²) in [7, 11) is 0. The largest absolute Gasteiger partial charge is 0.453 e. The number of hydrogen-bond acceptors (Lipinski definition) is 9. The molecule has 10 rings (SSSR count). The van der Waals surface area contributed by atoms with Crippen molar-refractivity contribution in [2.45, 2.75) is 111 Å². The average molecular weight is 883 g/mol. The normalized spacial score (nSPS) is 30.6. The molecule has 66 heavy (non-hydrogen) atoms. The van der Waals surface area contributed by atoms with E-state index in [1.54, 1.807) is 0 Å². The maximum Gasteiger partial charge on any atom is 0.336 e. The zero-order chi connectivity index (χ0) is 44.8. The number of fused-ring (bicyclic) bond motifs is 6. The minimum atomic E-state index is -1.07. The first-order valence-corrected chi connectivity index (χ1v) is 23.4. The van der Waals surface area contributed by atoms with E-state index in [0.717, 1.165) is 33.4 Å². The third-order valence-electron chi connectivity index (χ3n) is 13.9. The fraction of sp³-hybridized carbons (Fsp3) is 0.316. The van der Waals surface area contributed by atoms with Gasteiger partial charge in [0, 0.05) is 17.8 Å². The van der Waals surface area contributed by atoms with E-state index < -0.39 is 72.8 Å². The number of hydrogen-bond donors (Lipinski definition) is 0. The molecule has 0 spiro atoms. The zero-order valence-electron chi connectivity index (χ0n) is 36.7. The van der Waals surface area contributed by atoms with Crippen molar-refractivity contribution < 1.29 is 42.8 Å². The molecule has 6 bridgehead atoms. The smallest absolute Gasteiger partial charge is 0.336 e. The van der Waals surface area contributed by atoms with Crippen LogP contribution in [0.25, 0.3) is 0 Å². The van der Waals surface area contributed by atoms with Crippen LogP contribution in [0.4, 0.5) is 0 Å². The molecule has 4 saturated heterocycles. The molecule has 4 aliphatic heterocycles. The molecule has 4 aliphatic rings. The van der Waals surface area contributed by atoms with Crippen LogP contribution in [0.2, 0.25) is 0 Å². The summed E-state index contributed by atoms with van der Waals surface area (Å²) in [6.45, 7) is 0. The van der Waals surface area contributed by atoms with Crippen LogP contribution in [0, 0.1) is 0 Å². The summed E-state index contributed by atoms with van der Waals surface area (Å²) in [6.07, 6.45) is -4.85. The van der Waals surface area contributed by atoms with Crippen LogP contribution in [-0.4, -0.2) is 54.5 Å². The molecular formula is C57H54O9. The third-order valence-corrected chi connectivity index (χ3v) is 13.9. The van der Waals surface area contributed by atoms with E-state index in [9.17, 15) is 0 Å². The van der Waals surface area contributed by atoms with E-state index in [1.165, 1.54) is 0 Å². The molecule has 12 atom stereocenters. The Morgan fingerprint density at radius 3 is 0.697 bits per heavy atom. The number of benzene rings is 6. The monoisotopic (exact) mass is 882 g/mol. The second-order valence-corrected chi connectivity index (χ2v) is 17.9. The predicted molar refractivity (Wildman–Crippen MR) is 247 cm³/mol. The van der Waals surface area contributed by atoms with Gasteiger partial charge in [-0.2, -0.15) is 0 Å². The van der Waals surface area contributed by atoms with Crippen LogP contribution in [0.1, 0.15) is 108 Å². The molecule has 9 nitrogen and oxygen atoms in total. The third kappa shape index (κ3) is 9.34. The lowest BCUT2D eigenvalue weighted by Gasteiger charge is -2.43. The van der Waals surface area contributed by atoms with Crippen LogP contribution in [0.15, 0.2) is 182 Å². The Labute approximate surface area is 386 Å². The van der Waals surface area contributed by atoms with E-state index in [0.29, 0.717) is 38.5 Å². The van der Waals surface area contributed by atoms with Crippen molar-refractivity contribution in [3.8, 4) is 0 Å². The highest BCUT2D eigenvalue weighted by molar-refractivity contribution is 5.79. The van der Waals surface area contributed by atoms with Gasteiger partial charge in [-0.25, -0.2) is 14.4 Å². The molecule has 0 unspecified atom stereocenters. The standard InChI is InChI=1S/C57H54O9/c58-55-52-43(37-19-7-1-8-20-37)31-34-46(61-52)49(40-25-13-4-14-26-40)65-56(59)53-45(39-23-11-3-12-24-39)33-36-48(63-53)51(42-29-17-6-18-30-42)66-57(60)54-44(38-21-9-2-10-22-38)32-35-47(62-54)50(64-55)41-27-15-5-16-28-41/h1-30,43-54H,31-36H2/t43-,44-,45-,46-,47-,48-,49-,50-,51-,52+,53+,54+/m0/s1. The molecule has 4 heterocycles. The first kappa shape index (κ1) is 43.5. The van der Waals surface area contributed by atoms with Gasteiger partial charge in [-0.1, -0.05) is 182 Å². The molecule has 4 fully saturated rings. The Balaban J connectivity index is 1.10. The van der Waals surface area contributed by atoms with Gasteiger partial charge in [0.2, 0.25) is 0 Å². The first-order chi connectivity index (χ1) is 32.5. The van der Waals surface area contributed by atoms with Crippen molar-refractivity contribution >= 4 is 17.9 Å². The van der Waals surface area contributed by atoms with Crippen molar-refractivity contribution in [2.75, 3.05) is 0 Å². The SMILES string of the molecule is O=C1O[C@@H](c2ccccc2)[C@@H]2CC[C@@H](c3ccccc3)[C@@H](O2)C(=O)O[C@@H](c2ccccc2)[C@@H]2CC[C@@H](c3ccccc3)[C@@H](O2)C(=O)O[C@@H](c2ccccc2)[C@@H]2CC[C@@H](c3ccccc3)[C@H]1O2. The van der Waals surface area contributed by atoms with E-state index in [2.05, 4.69) is 0 Å². The van der Waals surface area contributed by atoms with E-state index in [-0.39, 0.29) is 17.8 Å². The fourth-order valence-corrected chi connectivity index (χ4v) is 10.6. The van der Waals surface area contributed by atoms with Gasteiger partial charge in [0.05, 0.1) is 18.3 Å². The summed E-state index contributed by atoms with van der Waals surface area (Å²) in [5, 5.41) is 0. The van der Waals surface area contributed by atoms with Crippen LogP contribution in [-0.2, 0) is 42.8 Å². The van der Waals surface area contributed by atoms with Crippen molar-refractivity contribution in [3.63, 3.8) is 0 Å². The molecule has 0 amide bonds. The highest BCUT2D eigenvalue weighted by Gasteiger charge is 2.49. The molecule has 0 N–H and O–H groups in total. The average Bonchev–Trinajstić information content (AvgIpc) is 3.39. The Hall–Kier alpha value is -6.39. The van der Waals surface area contributed by atoms with Crippen LogP contribution >= 0.6 is 0 Å². The van der Waals surface area contributed by atoms with E-state index in [1.807, 2.05) is 182 Å². The second kappa shape index (κ2) is 20.0. The topological polar surface area (TPSA) is 107 Å². The van der Waals surface area contributed by atoms with Crippen molar-refractivity contribution in [1.29, 1.82) is 0 Å². The van der Waals surface area contributed by atoms with E-state index in [4.69, 9.17) is 28.4 Å². The van der Waals surface area contributed by atoms with Gasteiger partial charge in [-0.15, -0.1) is 0 Å². The van der Waals surface area contributed by atoms with Gasteiger partial charge < -0.3 is 28.4 Å². The summed E-state index contributed by atoms with van der Waals surface area (Å²) in [5.41, 5.74) is 5.00. The number of esters is 3. The van der Waals surface area contributed by atoms with Crippen LogP contribution in [0.5, 0.6) is 0 Å². The molecule has 0 aliphatic carbocycles. The minimum Gasteiger partial charge on any atom is -0.453 e. The minimum absolute atomic E-state index is 0.360. The molecule has 0 saturated carbocycles. The van der Waals surface area contributed by atoms with Gasteiger partial charge in [0.25, 0.3) is 0 Å². The van der Waals surface area contributed by atoms with Crippen molar-refractivity contribution in [3.05, 3.63) is 215 Å². The predicted octanol–water partition coefficient (Wildman–Crippen LogP) is 10.8. The summed E-state index contributed by atoms with van der Waals surface area (Å²) < 4.78 is 41.0. The lowest BCUT2D eigenvalue weighted by atomic mass is 9.82. The Kier molecular flexibility index (Phi) is 13.2. The summed E-state index contributed by atoms with van der Waals surface area (Å²) in [6, 6.07) is 58.2. The number of ether oxygens (including phenoxy) is 6. The van der Waals surface area contributed by atoms with Gasteiger partial charge in [-0.3, -0.25) is 0 Å². The van der Waals surface area contributed by atoms with Crippen molar-refractivity contribution in [1.82, 2.24) is 0 Å². The first-order valence-electron chi connectivity index (χ1n) is 23.4. The molecular weight excluding hydrogens is 829 g/mol. The quantitative estimate of drug-likeness (QED) is 0.119. The number of carbonyl (C=O) groups is 3. The maximum absolute atomic E-state index is 15.1. The van der Waals surface area contributed by atoms with E-state index >= 15 is 14.4 Å². The van der Waals surface area contributed by atoms with Gasteiger partial charge in [-0.05, 0) is 71.9 Å². The highest BCUT2D eigenvalue weighted by atomic mass is 16.6. The fourth-order valence-electron chi connectivity index (χ4n) is 10.6. The number of rotatable bonds is 6. The van der Waals surface area contributed by atoms with Crippen LogP contribution < -0.4 is 0 Å². The molecule has 9 heteroatoms. The van der Waals surface area contributed by atoms with Gasteiger partial charge in [0.15, 0.2) is 36.6 Å². The highest BCUT2D eigenvalue weighted by Crippen LogP contribution is 2.46. The summed E-state index contributed by atoms with van der Waals surface area (Å²) in [5.74, 6) is -2.78. The Morgan fingerprint density at radius 2 is 0.470 bits per heavy atom. The second-order valence-electron chi connectivity index (χ2n) is 17.9. The maximum atomic E-state index is 15.1. The molecule has 6 aromatic carbocycles. The number of cyclic esters (lactones) is 3. The summed E-state index contributed by atoms with van der Waals surface area (Å²) in [4.78, 5) is 45.4. The number of carbonyl (C=O) groups excluding carboxylic acids is 3. The molecule has 0 radical (unpaired) electrons. The summed E-state index contributed by atoms with van der Waals surface area (Å²) >= 11 is 0. The molecule has 0 aromatic heterocycles. The van der Waals surface area contributed by atoms with Gasteiger partial charge >= 0.3 is 17.9 Å². The van der Waals surface area contributed by atoms with Gasteiger partial charge in [0.1, 0.15) is 0 Å². The Bertz CT molecular complexity index is 2240. The van der Waals surface area contributed by atoms with Crippen molar-refractivity contribution in [2.24, 2.45) is 0 Å². The molecule has 336 valence electrons. The zero-order valence-corrected chi connectivity index (χ0v) is 36.7. The lowest BCUT2D eigenvalue weighted by molar-refractivity contribution is -0.214.